The second-order valence-electron chi connectivity index (χ2n) is 3.31. The van der Waals surface area contributed by atoms with E-state index in [1.54, 1.807) is 6.92 Å². The van der Waals surface area contributed by atoms with E-state index in [4.69, 9.17) is 14.6 Å². The number of carbonyl (C=O) groups is 1. The van der Waals surface area contributed by atoms with E-state index < -0.39 is 22.0 Å². The van der Waals surface area contributed by atoms with Crippen molar-refractivity contribution in [1.82, 2.24) is 4.72 Å². The van der Waals surface area contributed by atoms with Gasteiger partial charge in [0, 0.05) is 20.3 Å². The average molecular weight is 269 g/mol. The van der Waals surface area contributed by atoms with Crippen molar-refractivity contribution in [2.75, 3.05) is 32.7 Å². The number of sulfonamides is 1. The monoisotopic (exact) mass is 269 g/mol. The summed E-state index contributed by atoms with van der Waals surface area (Å²) in [5.41, 5.74) is 0. The highest BCUT2D eigenvalue weighted by Crippen LogP contribution is 1.97. The molecule has 102 valence electrons. The van der Waals surface area contributed by atoms with Crippen LogP contribution in [0.4, 0.5) is 0 Å². The van der Waals surface area contributed by atoms with Gasteiger partial charge >= 0.3 is 5.97 Å². The highest BCUT2D eigenvalue weighted by molar-refractivity contribution is 7.89. The molecule has 0 aliphatic heterocycles. The smallest absolute Gasteiger partial charge is 0.321 e. The molecule has 0 rings (SSSR count). The SMILES string of the molecule is CCOCCS(=O)(=O)NC(CCOC)C(=O)O. The standard InChI is InChI=1S/C9H19NO6S/c1-3-16-6-7-17(13,14)10-8(9(11)12)4-5-15-2/h8,10H,3-7H2,1-2H3,(H,11,12). The van der Waals surface area contributed by atoms with Crippen molar-refractivity contribution < 1.29 is 27.8 Å². The molecule has 2 N–H and O–H groups in total. The third-order valence-electron chi connectivity index (χ3n) is 1.93. The Morgan fingerprint density at radius 3 is 2.53 bits per heavy atom. The van der Waals surface area contributed by atoms with Crippen molar-refractivity contribution >= 4 is 16.0 Å². The van der Waals surface area contributed by atoms with Crippen LogP contribution in [0.3, 0.4) is 0 Å². The third kappa shape index (κ3) is 8.08. The Morgan fingerprint density at radius 1 is 1.41 bits per heavy atom. The van der Waals surface area contributed by atoms with Crippen molar-refractivity contribution in [3.05, 3.63) is 0 Å². The van der Waals surface area contributed by atoms with Crippen molar-refractivity contribution in [1.29, 1.82) is 0 Å². The molecule has 7 nitrogen and oxygen atoms in total. The predicted molar refractivity (Wildman–Crippen MR) is 61.3 cm³/mol. The number of hydrogen-bond acceptors (Lipinski definition) is 5. The first-order chi connectivity index (χ1) is 7.93. The van der Waals surface area contributed by atoms with E-state index in [1.165, 1.54) is 7.11 Å². The highest BCUT2D eigenvalue weighted by Gasteiger charge is 2.23. The summed E-state index contributed by atoms with van der Waals surface area (Å²) in [6, 6.07) is -1.17. The van der Waals surface area contributed by atoms with Gasteiger partial charge in [0.2, 0.25) is 10.0 Å². The second kappa shape index (κ2) is 8.40. The van der Waals surface area contributed by atoms with Gasteiger partial charge in [0.25, 0.3) is 0 Å². The van der Waals surface area contributed by atoms with Gasteiger partial charge in [-0.3, -0.25) is 4.79 Å². The van der Waals surface area contributed by atoms with Crippen molar-refractivity contribution in [3.8, 4) is 0 Å². The molecule has 0 spiro atoms. The Kier molecular flexibility index (Phi) is 8.05. The van der Waals surface area contributed by atoms with Crippen LogP contribution in [-0.4, -0.2) is 58.2 Å². The van der Waals surface area contributed by atoms with Crippen LogP contribution in [0, 0.1) is 0 Å². The van der Waals surface area contributed by atoms with Gasteiger partial charge in [0.1, 0.15) is 6.04 Å². The first-order valence-electron chi connectivity index (χ1n) is 5.22. The first kappa shape index (κ1) is 16.3. The molecule has 0 aliphatic carbocycles. The van der Waals surface area contributed by atoms with Crippen LogP contribution >= 0.6 is 0 Å². The number of carboxylic acids is 1. The lowest BCUT2D eigenvalue weighted by molar-refractivity contribution is -0.139. The molecule has 0 heterocycles. The Balaban J connectivity index is 4.27. The Labute approximate surface area is 101 Å². The molecule has 0 amide bonds. The van der Waals surface area contributed by atoms with Gasteiger partial charge in [-0.25, -0.2) is 13.1 Å². The van der Waals surface area contributed by atoms with E-state index in [1.807, 2.05) is 0 Å². The molecule has 0 aliphatic rings. The number of ether oxygens (including phenoxy) is 2. The fourth-order valence-corrected chi connectivity index (χ4v) is 2.16. The van der Waals surface area contributed by atoms with Crippen LogP contribution in [0.5, 0.6) is 0 Å². The predicted octanol–water partition coefficient (Wildman–Crippen LogP) is -0.568. The molecule has 8 heteroatoms. The summed E-state index contributed by atoms with van der Waals surface area (Å²) in [4.78, 5) is 10.8. The van der Waals surface area contributed by atoms with Crippen LogP contribution in [0.1, 0.15) is 13.3 Å². The average Bonchev–Trinajstić information content (AvgIpc) is 2.24. The number of carboxylic acid groups (broad SMARTS) is 1. The topological polar surface area (TPSA) is 102 Å². The lowest BCUT2D eigenvalue weighted by Gasteiger charge is -2.14. The van der Waals surface area contributed by atoms with Crippen LogP contribution in [0.2, 0.25) is 0 Å². The van der Waals surface area contributed by atoms with Gasteiger partial charge in [-0.2, -0.15) is 0 Å². The van der Waals surface area contributed by atoms with Gasteiger partial charge in [-0.05, 0) is 13.3 Å². The lowest BCUT2D eigenvalue weighted by atomic mass is 10.2. The number of hydrogen-bond donors (Lipinski definition) is 2. The molecule has 0 radical (unpaired) electrons. The van der Waals surface area contributed by atoms with Gasteiger partial charge in [0.15, 0.2) is 0 Å². The molecular formula is C9H19NO6S. The minimum absolute atomic E-state index is 0.0441. The van der Waals surface area contributed by atoms with E-state index in [0.29, 0.717) is 6.61 Å². The molecule has 1 unspecified atom stereocenters. The van der Waals surface area contributed by atoms with E-state index >= 15 is 0 Å². The van der Waals surface area contributed by atoms with E-state index in [9.17, 15) is 13.2 Å². The largest absolute Gasteiger partial charge is 0.480 e. The molecule has 17 heavy (non-hydrogen) atoms. The summed E-state index contributed by atoms with van der Waals surface area (Å²) in [6.07, 6.45) is 0.0830. The van der Waals surface area contributed by atoms with E-state index in [0.717, 1.165) is 0 Å². The van der Waals surface area contributed by atoms with Crippen LogP contribution in [0.15, 0.2) is 0 Å². The second-order valence-corrected chi connectivity index (χ2v) is 5.18. The van der Waals surface area contributed by atoms with Crippen LogP contribution < -0.4 is 4.72 Å². The zero-order chi connectivity index (χ0) is 13.3. The van der Waals surface area contributed by atoms with Gasteiger partial charge in [-0.1, -0.05) is 0 Å². The Morgan fingerprint density at radius 2 is 2.06 bits per heavy atom. The third-order valence-corrected chi connectivity index (χ3v) is 3.28. The Bertz CT molecular complexity index is 315. The summed E-state index contributed by atoms with van der Waals surface area (Å²) < 4.78 is 34.7. The molecule has 0 aromatic rings. The number of aliphatic carboxylic acids is 1. The quantitative estimate of drug-likeness (QED) is 0.515. The molecular weight excluding hydrogens is 250 g/mol. The van der Waals surface area contributed by atoms with Crippen molar-refractivity contribution in [2.45, 2.75) is 19.4 Å². The summed E-state index contributed by atoms with van der Waals surface area (Å²) in [5, 5.41) is 8.82. The lowest BCUT2D eigenvalue weighted by Crippen LogP contribution is -2.43. The van der Waals surface area contributed by atoms with E-state index in [2.05, 4.69) is 4.72 Å². The summed E-state index contributed by atoms with van der Waals surface area (Å²) in [7, 11) is -2.22. The zero-order valence-corrected chi connectivity index (χ0v) is 10.8. The maximum Gasteiger partial charge on any atom is 0.321 e. The highest BCUT2D eigenvalue weighted by atomic mass is 32.2. The van der Waals surface area contributed by atoms with E-state index in [-0.39, 0.29) is 25.4 Å². The number of nitrogens with one attached hydrogen (secondary N) is 1. The van der Waals surface area contributed by atoms with Crippen LogP contribution in [-0.2, 0) is 24.3 Å². The van der Waals surface area contributed by atoms with Gasteiger partial charge in [-0.15, -0.1) is 0 Å². The van der Waals surface area contributed by atoms with Crippen LogP contribution in [0.25, 0.3) is 0 Å². The summed E-state index contributed by atoms with van der Waals surface area (Å²) >= 11 is 0. The van der Waals surface area contributed by atoms with Crippen molar-refractivity contribution in [2.24, 2.45) is 0 Å². The van der Waals surface area contributed by atoms with Crippen molar-refractivity contribution in [3.63, 3.8) is 0 Å². The normalized spacial score (nSPS) is 13.5. The maximum absolute atomic E-state index is 11.5. The van der Waals surface area contributed by atoms with Gasteiger partial charge in [0.05, 0.1) is 12.4 Å². The van der Waals surface area contributed by atoms with Gasteiger partial charge < -0.3 is 14.6 Å². The minimum atomic E-state index is -3.64. The molecule has 0 fully saturated rings. The molecule has 0 saturated carbocycles. The number of methoxy groups -OCH3 is 1. The number of rotatable bonds is 10. The zero-order valence-electron chi connectivity index (χ0n) is 10.0. The molecule has 0 saturated heterocycles. The maximum atomic E-state index is 11.5. The first-order valence-corrected chi connectivity index (χ1v) is 6.87. The molecule has 0 bridgehead atoms. The summed E-state index contributed by atoms with van der Waals surface area (Å²) in [5.74, 6) is -1.47. The fraction of sp³-hybridized carbons (Fsp3) is 0.889. The molecule has 1 atom stereocenters. The minimum Gasteiger partial charge on any atom is -0.480 e. The fourth-order valence-electron chi connectivity index (χ4n) is 1.06. The summed E-state index contributed by atoms with van der Waals surface area (Å²) in [6.45, 7) is 2.38. The molecule has 0 aromatic heterocycles. The Hall–Kier alpha value is -0.700. The molecule has 0 aromatic carbocycles.